The van der Waals surface area contributed by atoms with Gasteiger partial charge in [-0.15, -0.1) is 5.10 Å². The van der Waals surface area contributed by atoms with Crippen LogP contribution in [-0.2, 0) is 17.9 Å². The van der Waals surface area contributed by atoms with Crippen LogP contribution in [0.3, 0.4) is 0 Å². The van der Waals surface area contributed by atoms with Crippen LogP contribution in [0.1, 0.15) is 29.8 Å². The van der Waals surface area contributed by atoms with Crippen LogP contribution in [0.5, 0.6) is 5.75 Å². The predicted molar refractivity (Wildman–Crippen MR) is 135 cm³/mol. The maximum atomic E-state index is 13.6. The topological polar surface area (TPSA) is 139 Å². The van der Waals surface area contributed by atoms with E-state index in [1.807, 2.05) is 33.0 Å². The molecule has 0 unspecified atom stereocenters. The summed E-state index contributed by atoms with van der Waals surface area (Å²) >= 11 is 0. The van der Waals surface area contributed by atoms with E-state index in [1.54, 1.807) is 35.5 Å². The fourth-order valence-corrected chi connectivity index (χ4v) is 4.29. The molecule has 3 atom stereocenters. The van der Waals surface area contributed by atoms with Crippen molar-refractivity contribution in [2.75, 3.05) is 32.1 Å². The molecular formula is C25H32N8O4. The Kier molecular flexibility index (Phi) is 8.41. The zero-order valence-corrected chi connectivity index (χ0v) is 21.2. The maximum absolute atomic E-state index is 13.6. The lowest BCUT2D eigenvalue weighted by atomic mass is 9.99. The number of hydrogen-bond donors (Lipinski definition) is 2. The van der Waals surface area contributed by atoms with Crippen LogP contribution >= 0.6 is 0 Å². The highest BCUT2D eigenvalue weighted by Gasteiger charge is 2.33. The highest BCUT2D eigenvalue weighted by atomic mass is 16.5. The van der Waals surface area contributed by atoms with Gasteiger partial charge in [0, 0.05) is 43.6 Å². The van der Waals surface area contributed by atoms with Gasteiger partial charge in [-0.2, -0.15) is 0 Å². The van der Waals surface area contributed by atoms with Gasteiger partial charge in [-0.25, -0.2) is 4.68 Å². The number of fused-ring (bicyclic) bond motifs is 1. The van der Waals surface area contributed by atoms with Gasteiger partial charge in [-0.3, -0.25) is 19.5 Å². The van der Waals surface area contributed by atoms with Gasteiger partial charge in [0.25, 0.3) is 5.91 Å². The number of rotatable bonds is 9. The van der Waals surface area contributed by atoms with Gasteiger partial charge in [-0.05, 0) is 60.3 Å². The van der Waals surface area contributed by atoms with Crippen LogP contribution in [0.25, 0.3) is 0 Å². The number of carbonyl (C=O) groups is 2. The SMILES string of the molecule is C[C@H](CO)N1C[C@H](C)[C@@H](CN(C)Cc2ccncc2)Oc2ccc(NC(=O)Cn3cnnn3)cc2C1=O. The Morgan fingerprint density at radius 2 is 2.08 bits per heavy atom. The molecule has 0 saturated heterocycles. The second-order valence-electron chi connectivity index (χ2n) is 9.44. The summed E-state index contributed by atoms with van der Waals surface area (Å²) in [7, 11) is 2.03. The van der Waals surface area contributed by atoms with Gasteiger partial charge in [0.2, 0.25) is 5.91 Å². The van der Waals surface area contributed by atoms with Gasteiger partial charge < -0.3 is 20.1 Å². The summed E-state index contributed by atoms with van der Waals surface area (Å²) in [5.74, 6) is -0.158. The second-order valence-corrected chi connectivity index (χ2v) is 9.44. The number of aliphatic hydroxyl groups excluding tert-OH is 1. The summed E-state index contributed by atoms with van der Waals surface area (Å²) in [4.78, 5) is 33.9. The van der Waals surface area contributed by atoms with Crippen molar-refractivity contribution in [2.24, 2.45) is 5.92 Å². The van der Waals surface area contributed by atoms with Crippen molar-refractivity contribution in [3.63, 3.8) is 0 Å². The lowest BCUT2D eigenvalue weighted by molar-refractivity contribution is -0.116. The molecule has 0 aliphatic carbocycles. The fraction of sp³-hybridized carbons (Fsp3) is 0.440. The number of tetrazole rings is 1. The van der Waals surface area contributed by atoms with Gasteiger partial charge in [-0.1, -0.05) is 6.92 Å². The van der Waals surface area contributed by atoms with Crippen LogP contribution in [0.4, 0.5) is 5.69 Å². The molecule has 12 heteroatoms. The van der Waals surface area contributed by atoms with Gasteiger partial charge >= 0.3 is 0 Å². The summed E-state index contributed by atoms with van der Waals surface area (Å²) < 4.78 is 7.73. The molecule has 0 bridgehead atoms. The summed E-state index contributed by atoms with van der Waals surface area (Å²) in [6.45, 7) is 5.41. The van der Waals surface area contributed by atoms with E-state index < -0.39 is 0 Å². The standard InChI is InChI=1S/C25H32N8O4/c1-17-11-33(18(2)15-34)25(36)21-10-20(28-24(35)14-32-16-27-29-30-32)4-5-22(21)37-23(17)13-31(3)12-19-6-8-26-9-7-19/h4-10,16-18,23,34H,11-15H2,1-3H3,(H,28,35)/t17-,18+,23+/m0/s1. The van der Waals surface area contributed by atoms with E-state index in [1.165, 1.54) is 11.0 Å². The minimum absolute atomic E-state index is 0.00154. The maximum Gasteiger partial charge on any atom is 0.258 e. The highest BCUT2D eigenvalue weighted by Crippen LogP contribution is 2.30. The Bertz CT molecular complexity index is 1190. The third-order valence-electron chi connectivity index (χ3n) is 6.34. The Morgan fingerprint density at radius 1 is 1.30 bits per heavy atom. The summed E-state index contributed by atoms with van der Waals surface area (Å²) in [6, 6.07) is 8.59. The molecule has 2 N–H and O–H groups in total. The quantitative estimate of drug-likeness (QED) is 0.434. The van der Waals surface area contributed by atoms with Crippen molar-refractivity contribution in [3.8, 4) is 5.75 Å². The number of aromatic nitrogens is 5. The van der Waals surface area contributed by atoms with Crippen LogP contribution in [-0.4, -0.2) is 90.8 Å². The molecule has 4 rings (SSSR count). The molecule has 0 radical (unpaired) electrons. The van der Waals surface area contributed by atoms with Crippen molar-refractivity contribution < 1.29 is 19.4 Å². The van der Waals surface area contributed by atoms with E-state index in [0.29, 0.717) is 30.1 Å². The lowest BCUT2D eigenvalue weighted by Crippen LogP contribution is -2.49. The van der Waals surface area contributed by atoms with Crippen LogP contribution in [0.15, 0.2) is 49.1 Å². The summed E-state index contributed by atoms with van der Waals surface area (Å²) in [5, 5.41) is 23.4. The molecule has 3 aromatic rings. The molecule has 2 aromatic heterocycles. The Hall–Kier alpha value is -3.90. The van der Waals surface area contributed by atoms with E-state index in [9.17, 15) is 14.7 Å². The number of ether oxygens (including phenoxy) is 1. The zero-order valence-electron chi connectivity index (χ0n) is 21.2. The number of anilines is 1. The number of benzene rings is 1. The minimum Gasteiger partial charge on any atom is -0.488 e. The molecule has 196 valence electrons. The zero-order chi connectivity index (χ0) is 26.4. The molecule has 0 saturated carbocycles. The normalized spacial score (nSPS) is 18.5. The van der Waals surface area contributed by atoms with Crippen LogP contribution < -0.4 is 10.1 Å². The van der Waals surface area contributed by atoms with Crippen molar-refractivity contribution in [1.82, 2.24) is 35.0 Å². The number of amides is 2. The van der Waals surface area contributed by atoms with E-state index >= 15 is 0 Å². The van der Waals surface area contributed by atoms with E-state index in [2.05, 4.69) is 30.7 Å². The second kappa shape index (κ2) is 11.9. The molecule has 1 aliphatic heterocycles. The Balaban J connectivity index is 1.57. The monoisotopic (exact) mass is 508 g/mol. The first-order valence-electron chi connectivity index (χ1n) is 12.1. The Morgan fingerprint density at radius 3 is 2.78 bits per heavy atom. The van der Waals surface area contributed by atoms with Crippen LogP contribution in [0.2, 0.25) is 0 Å². The van der Waals surface area contributed by atoms with Crippen LogP contribution in [0, 0.1) is 5.92 Å². The number of aliphatic hydroxyl groups is 1. The van der Waals surface area contributed by atoms with Crippen molar-refractivity contribution in [3.05, 3.63) is 60.2 Å². The van der Waals surface area contributed by atoms with E-state index in [4.69, 9.17) is 4.74 Å². The summed E-state index contributed by atoms with van der Waals surface area (Å²) in [5.41, 5.74) is 1.92. The largest absolute Gasteiger partial charge is 0.488 e. The van der Waals surface area contributed by atoms with Gasteiger partial charge in [0.05, 0.1) is 18.2 Å². The number of likely N-dealkylation sites (N-methyl/N-ethyl adjacent to an activating group) is 1. The van der Waals surface area contributed by atoms with Crippen molar-refractivity contribution >= 4 is 17.5 Å². The molecule has 0 fully saturated rings. The van der Waals surface area contributed by atoms with E-state index in [0.717, 1.165) is 12.1 Å². The first-order valence-corrected chi connectivity index (χ1v) is 12.1. The van der Waals surface area contributed by atoms with Crippen molar-refractivity contribution in [1.29, 1.82) is 0 Å². The molecule has 1 aliphatic rings. The number of nitrogens with zero attached hydrogens (tertiary/aromatic N) is 7. The number of pyridine rings is 1. The number of hydrogen-bond acceptors (Lipinski definition) is 9. The molecule has 37 heavy (non-hydrogen) atoms. The third kappa shape index (κ3) is 6.66. The molecule has 12 nitrogen and oxygen atoms in total. The number of carbonyl (C=O) groups excluding carboxylic acids is 2. The summed E-state index contributed by atoms with van der Waals surface area (Å²) in [6.07, 6.45) is 4.67. The fourth-order valence-electron chi connectivity index (χ4n) is 4.29. The average Bonchev–Trinajstić information content (AvgIpc) is 3.39. The molecule has 3 heterocycles. The average molecular weight is 509 g/mol. The molecule has 1 aromatic carbocycles. The predicted octanol–water partition coefficient (Wildman–Crippen LogP) is 1.06. The van der Waals surface area contributed by atoms with Crippen molar-refractivity contribution in [2.45, 2.75) is 39.1 Å². The first-order chi connectivity index (χ1) is 17.8. The molecular weight excluding hydrogens is 476 g/mol. The Labute approximate surface area is 215 Å². The minimum atomic E-state index is -0.380. The van der Waals surface area contributed by atoms with Gasteiger partial charge in [0.15, 0.2) is 0 Å². The smallest absolute Gasteiger partial charge is 0.258 e. The van der Waals surface area contributed by atoms with Gasteiger partial charge in [0.1, 0.15) is 24.7 Å². The third-order valence-corrected chi connectivity index (χ3v) is 6.34. The molecule has 2 amide bonds. The van der Waals surface area contributed by atoms with E-state index in [-0.39, 0.29) is 43.0 Å². The number of nitrogens with one attached hydrogen (secondary N) is 1. The lowest BCUT2D eigenvalue weighted by Gasteiger charge is -2.38. The molecule has 0 spiro atoms. The first kappa shape index (κ1) is 26.2. The highest BCUT2D eigenvalue weighted by molar-refractivity contribution is 5.99.